The molecule has 1 aliphatic heterocycles. The van der Waals surface area contributed by atoms with Crippen molar-refractivity contribution in [1.82, 2.24) is 10.6 Å². The minimum absolute atomic E-state index is 0.154. The summed E-state index contributed by atoms with van der Waals surface area (Å²) in [7, 11) is 0. The van der Waals surface area contributed by atoms with Gasteiger partial charge in [0, 0.05) is 0 Å². The Balaban J connectivity index is 2.09. The van der Waals surface area contributed by atoms with Gasteiger partial charge in [0.15, 0.2) is 0 Å². The highest BCUT2D eigenvalue weighted by Gasteiger charge is 2.49. The molecule has 4 amide bonds. The van der Waals surface area contributed by atoms with E-state index < -0.39 is 23.3 Å². The molecule has 2 N–H and O–H groups in total. The first-order valence-electron chi connectivity index (χ1n) is 7.31. The number of hydrogen-bond donors (Lipinski definition) is 2. The fraction of sp³-hybridized carbons (Fsp3) is 0.167. The topological polar surface area (TPSA) is 75.3 Å². The molecule has 1 heterocycles. The monoisotopic (exact) mass is 308 g/mol. The SMILES string of the molecule is C=CCC1(Cc2cccc3ccccc23)C(=O)NC(=O)NC1=O. The summed E-state index contributed by atoms with van der Waals surface area (Å²) in [5.41, 5.74) is -0.482. The maximum absolute atomic E-state index is 12.4. The van der Waals surface area contributed by atoms with Crippen molar-refractivity contribution in [1.29, 1.82) is 0 Å². The Bertz CT molecular complexity index is 801. The van der Waals surface area contributed by atoms with Crippen LogP contribution in [0.4, 0.5) is 4.79 Å². The number of hydrogen-bond acceptors (Lipinski definition) is 3. The third-order valence-corrected chi connectivity index (χ3v) is 4.19. The normalized spacial score (nSPS) is 16.8. The molecule has 0 aromatic heterocycles. The fourth-order valence-electron chi connectivity index (χ4n) is 3.02. The van der Waals surface area contributed by atoms with Gasteiger partial charge in [-0.05, 0) is 29.2 Å². The summed E-state index contributed by atoms with van der Waals surface area (Å²) in [5.74, 6) is -1.17. The molecule has 5 nitrogen and oxygen atoms in total. The molecular formula is C18H16N2O3. The molecule has 3 rings (SSSR count). The summed E-state index contributed by atoms with van der Waals surface area (Å²) >= 11 is 0. The predicted molar refractivity (Wildman–Crippen MR) is 86.6 cm³/mol. The Labute approximate surface area is 133 Å². The zero-order chi connectivity index (χ0) is 16.4. The maximum atomic E-state index is 12.4. The smallest absolute Gasteiger partial charge is 0.277 e. The molecule has 0 radical (unpaired) electrons. The molecular weight excluding hydrogens is 292 g/mol. The molecule has 0 saturated carbocycles. The first-order chi connectivity index (χ1) is 11.1. The van der Waals surface area contributed by atoms with Gasteiger partial charge in [-0.3, -0.25) is 20.2 Å². The number of nitrogens with one attached hydrogen (secondary N) is 2. The van der Waals surface area contributed by atoms with E-state index in [0.29, 0.717) is 0 Å². The Morgan fingerprint density at radius 2 is 1.61 bits per heavy atom. The van der Waals surface area contributed by atoms with Gasteiger partial charge in [0.25, 0.3) is 0 Å². The van der Waals surface area contributed by atoms with Gasteiger partial charge in [0.2, 0.25) is 11.8 Å². The first-order valence-corrected chi connectivity index (χ1v) is 7.31. The van der Waals surface area contributed by atoms with Crippen LogP contribution in [0.3, 0.4) is 0 Å². The van der Waals surface area contributed by atoms with Gasteiger partial charge in [0.1, 0.15) is 5.41 Å². The molecule has 5 heteroatoms. The van der Waals surface area contributed by atoms with Crippen LogP contribution in [0.5, 0.6) is 0 Å². The van der Waals surface area contributed by atoms with E-state index in [1.54, 1.807) is 0 Å². The lowest BCUT2D eigenvalue weighted by Gasteiger charge is -2.33. The minimum atomic E-state index is -1.36. The van der Waals surface area contributed by atoms with Crippen LogP contribution in [0.15, 0.2) is 55.1 Å². The van der Waals surface area contributed by atoms with Gasteiger partial charge in [-0.15, -0.1) is 6.58 Å². The molecule has 0 bridgehead atoms. The van der Waals surface area contributed by atoms with Crippen LogP contribution in [-0.4, -0.2) is 17.8 Å². The van der Waals surface area contributed by atoms with Crippen molar-refractivity contribution in [3.8, 4) is 0 Å². The van der Waals surface area contributed by atoms with E-state index in [-0.39, 0.29) is 12.8 Å². The molecule has 2 aromatic rings. The van der Waals surface area contributed by atoms with E-state index in [9.17, 15) is 14.4 Å². The average Bonchev–Trinajstić information content (AvgIpc) is 2.53. The molecule has 1 fully saturated rings. The zero-order valence-electron chi connectivity index (χ0n) is 12.5. The number of amides is 4. The summed E-state index contributed by atoms with van der Waals surface area (Å²) in [5, 5.41) is 6.41. The van der Waals surface area contributed by atoms with E-state index in [2.05, 4.69) is 17.2 Å². The van der Waals surface area contributed by atoms with E-state index in [0.717, 1.165) is 16.3 Å². The van der Waals surface area contributed by atoms with Crippen molar-refractivity contribution in [3.63, 3.8) is 0 Å². The van der Waals surface area contributed by atoms with Crippen LogP contribution >= 0.6 is 0 Å². The number of urea groups is 1. The second-order valence-electron chi connectivity index (χ2n) is 5.63. The summed E-state index contributed by atoms with van der Waals surface area (Å²) in [6.07, 6.45) is 1.88. The number of carbonyl (C=O) groups is 3. The predicted octanol–water partition coefficient (Wildman–Crippen LogP) is 2.31. The van der Waals surface area contributed by atoms with E-state index in [1.807, 2.05) is 42.5 Å². The maximum Gasteiger partial charge on any atom is 0.328 e. The summed E-state index contributed by atoms with van der Waals surface area (Å²) in [6.45, 7) is 3.65. The number of imide groups is 2. The van der Waals surface area contributed by atoms with Crippen LogP contribution in [0.25, 0.3) is 10.8 Å². The largest absolute Gasteiger partial charge is 0.328 e. The third kappa shape index (κ3) is 2.50. The standard InChI is InChI=1S/C18H16N2O3/c1-2-10-18(15(21)19-17(23)20-16(18)22)11-13-8-5-7-12-6-3-4-9-14(12)13/h2-9H,1,10-11H2,(H2,19,20,21,22,23). The number of fused-ring (bicyclic) bond motifs is 1. The zero-order valence-corrected chi connectivity index (χ0v) is 12.5. The Kier molecular flexibility index (Phi) is 3.70. The molecule has 0 unspecified atom stereocenters. The van der Waals surface area contributed by atoms with Crippen molar-refractivity contribution in [2.75, 3.05) is 0 Å². The lowest BCUT2D eigenvalue weighted by molar-refractivity contribution is -0.144. The van der Waals surface area contributed by atoms with Crippen LogP contribution < -0.4 is 10.6 Å². The van der Waals surface area contributed by atoms with Crippen LogP contribution in [-0.2, 0) is 16.0 Å². The minimum Gasteiger partial charge on any atom is -0.277 e. The lowest BCUT2D eigenvalue weighted by Crippen LogP contribution is -2.63. The van der Waals surface area contributed by atoms with Crippen molar-refractivity contribution in [3.05, 3.63) is 60.7 Å². The van der Waals surface area contributed by atoms with Crippen LogP contribution in [0.1, 0.15) is 12.0 Å². The molecule has 0 atom stereocenters. The molecule has 0 spiro atoms. The summed E-state index contributed by atoms with van der Waals surface area (Å²) < 4.78 is 0. The highest BCUT2D eigenvalue weighted by Crippen LogP contribution is 2.33. The van der Waals surface area contributed by atoms with Gasteiger partial charge in [0.05, 0.1) is 0 Å². The number of allylic oxidation sites excluding steroid dienone is 1. The lowest BCUT2D eigenvalue weighted by atomic mass is 9.75. The van der Waals surface area contributed by atoms with Crippen LogP contribution in [0, 0.1) is 5.41 Å². The number of barbiturate groups is 1. The van der Waals surface area contributed by atoms with Gasteiger partial charge in [-0.25, -0.2) is 4.79 Å². The highest BCUT2D eigenvalue weighted by molar-refractivity contribution is 6.19. The molecule has 1 saturated heterocycles. The van der Waals surface area contributed by atoms with Crippen molar-refractivity contribution in [2.45, 2.75) is 12.8 Å². The van der Waals surface area contributed by atoms with Crippen LogP contribution in [0.2, 0.25) is 0 Å². The number of carbonyl (C=O) groups excluding carboxylic acids is 3. The fourth-order valence-corrected chi connectivity index (χ4v) is 3.02. The molecule has 0 aliphatic carbocycles. The Morgan fingerprint density at radius 3 is 2.30 bits per heavy atom. The first kappa shape index (κ1) is 15.0. The number of rotatable bonds is 4. The second kappa shape index (κ2) is 5.68. The van der Waals surface area contributed by atoms with Gasteiger partial charge < -0.3 is 0 Å². The van der Waals surface area contributed by atoms with E-state index in [1.165, 1.54) is 6.08 Å². The second-order valence-corrected chi connectivity index (χ2v) is 5.63. The van der Waals surface area contributed by atoms with Gasteiger partial charge in [-0.2, -0.15) is 0 Å². The highest BCUT2D eigenvalue weighted by atomic mass is 16.2. The molecule has 116 valence electrons. The Morgan fingerprint density at radius 1 is 0.957 bits per heavy atom. The Hall–Kier alpha value is -2.95. The van der Waals surface area contributed by atoms with Crippen molar-refractivity contribution >= 4 is 28.6 Å². The quantitative estimate of drug-likeness (QED) is 0.672. The third-order valence-electron chi connectivity index (χ3n) is 4.19. The molecule has 23 heavy (non-hydrogen) atoms. The van der Waals surface area contributed by atoms with Crippen molar-refractivity contribution < 1.29 is 14.4 Å². The summed E-state index contributed by atoms with van der Waals surface area (Å²) in [6, 6.07) is 12.8. The molecule has 2 aromatic carbocycles. The number of benzene rings is 2. The van der Waals surface area contributed by atoms with Crippen molar-refractivity contribution in [2.24, 2.45) is 5.41 Å². The van der Waals surface area contributed by atoms with E-state index in [4.69, 9.17) is 0 Å². The average molecular weight is 308 g/mol. The van der Waals surface area contributed by atoms with Gasteiger partial charge in [-0.1, -0.05) is 48.5 Å². The summed E-state index contributed by atoms with van der Waals surface area (Å²) in [4.78, 5) is 36.2. The molecule has 1 aliphatic rings. The van der Waals surface area contributed by atoms with E-state index >= 15 is 0 Å². The van der Waals surface area contributed by atoms with Gasteiger partial charge >= 0.3 is 6.03 Å².